The summed E-state index contributed by atoms with van der Waals surface area (Å²) in [6.07, 6.45) is 3.94. The number of hydrogen-bond donors (Lipinski definition) is 1. The molecule has 0 aromatic heterocycles. The van der Waals surface area contributed by atoms with Gasteiger partial charge in [0.05, 0.1) is 6.61 Å². The quantitative estimate of drug-likeness (QED) is 0.646. The van der Waals surface area contributed by atoms with Gasteiger partial charge in [-0.2, -0.15) is 0 Å². The summed E-state index contributed by atoms with van der Waals surface area (Å²) in [6.45, 7) is 5.82. The maximum Gasteiger partial charge on any atom is 0.0502 e. The van der Waals surface area contributed by atoms with Gasteiger partial charge in [0.2, 0.25) is 0 Å². The highest BCUT2D eigenvalue weighted by molar-refractivity contribution is 4.72. The number of rotatable bonds is 6. The molecule has 1 aliphatic heterocycles. The number of hydrogen-bond acceptors (Lipinski definition) is 3. The van der Waals surface area contributed by atoms with E-state index in [9.17, 15) is 0 Å². The van der Waals surface area contributed by atoms with Crippen molar-refractivity contribution in [2.24, 2.45) is 5.92 Å². The van der Waals surface area contributed by atoms with E-state index < -0.39 is 0 Å². The molecule has 1 aliphatic rings. The van der Waals surface area contributed by atoms with Gasteiger partial charge in [0.1, 0.15) is 0 Å². The molecule has 1 fully saturated rings. The fourth-order valence-electron chi connectivity index (χ4n) is 2.21. The summed E-state index contributed by atoms with van der Waals surface area (Å²) < 4.78 is 5.22. The van der Waals surface area contributed by atoms with E-state index in [1.54, 1.807) is 7.11 Å². The summed E-state index contributed by atoms with van der Waals surface area (Å²) in [7, 11) is 3.82. The standard InChI is InChI=1S/C11H24N2O/c1-12-6-4-8-13-7-3-5-11(9-13)10-14-2/h11-12H,3-10H2,1-2H3. The second-order valence-electron chi connectivity index (χ2n) is 4.22. The molecule has 0 amide bonds. The summed E-state index contributed by atoms with van der Waals surface area (Å²) in [5.41, 5.74) is 0. The molecule has 1 heterocycles. The van der Waals surface area contributed by atoms with E-state index in [0.29, 0.717) is 0 Å². The van der Waals surface area contributed by atoms with Crippen LogP contribution in [0.1, 0.15) is 19.3 Å². The second-order valence-corrected chi connectivity index (χ2v) is 4.22. The Bertz CT molecular complexity index is 139. The molecule has 0 bridgehead atoms. The molecule has 1 N–H and O–H groups in total. The van der Waals surface area contributed by atoms with Gasteiger partial charge in [-0.05, 0) is 51.9 Å². The third kappa shape index (κ3) is 4.40. The van der Waals surface area contributed by atoms with E-state index in [1.165, 1.54) is 38.9 Å². The molecule has 1 rings (SSSR count). The minimum Gasteiger partial charge on any atom is -0.384 e. The van der Waals surface area contributed by atoms with Crippen LogP contribution in [0.4, 0.5) is 0 Å². The maximum atomic E-state index is 5.22. The monoisotopic (exact) mass is 200 g/mol. The largest absolute Gasteiger partial charge is 0.384 e. The van der Waals surface area contributed by atoms with Crippen molar-refractivity contribution in [2.45, 2.75) is 19.3 Å². The third-order valence-electron chi connectivity index (χ3n) is 2.91. The van der Waals surface area contributed by atoms with Crippen LogP contribution in [0.3, 0.4) is 0 Å². The van der Waals surface area contributed by atoms with Gasteiger partial charge < -0.3 is 15.0 Å². The zero-order valence-corrected chi connectivity index (χ0v) is 9.59. The smallest absolute Gasteiger partial charge is 0.0502 e. The zero-order chi connectivity index (χ0) is 10.2. The van der Waals surface area contributed by atoms with Crippen LogP contribution in [0, 0.1) is 5.92 Å². The summed E-state index contributed by atoms with van der Waals surface area (Å²) >= 11 is 0. The van der Waals surface area contributed by atoms with Gasteiger partial charge in [0.25, 0.3) is 0 Å². The number of likely N-dealkylation sites (tertiary alicyclic amines) is 1. The van der Waals surface area contributed by atoms with Crippen molar-refractivity contribution in [3.8, 4) is 0 Å². The van der Waals surface area contributed by atoms with Crippen LogP contribution in [0.15, 0.2) is 0 Å². The number of nitrogens with zero attached hydrogens (tertiary/aromatic N) is 1. The molecule has 3 nitrogen and oxygen atoms in total. The Morgan fingerprint density at radius 2 is 2.36 bits per heavy atom. The molecule has 1 unspecified atom stereocenters. The Labute approximate surface area is 87.8 Å². The van der Waals surface area contributed by atoms with Crippen molar-refractivity contribution in [2.75, 3.05) is 46.9 Å². The fraction of sp³-hybridized carbons (Fsp3) is 1.00. The predicted molar refractivity (Wildman–Crippen MR) is 59.6 cm³/mol. The first-order valence-corrected chi connectivity index (χ1v) is 5.72. The number of methoxy groups -OCH3 is 1. The molecular formula is C11H24N2O. The Kier molecular flexibility index (Phi) is 6.15. The summed E-state index contributed by atoms with van der Waals surface area (Å²) in [6, 6.07) is 0. The minimum absolute atomic E-state index is 0.767. The fourth-order valence-corrected chi connectivity index (χ4v) is 2.21. The van der Waals surface area contributed by atoms with E-state index in [-0.39, 0.29) is 0 Å². The van der Waals surface area contributed by atoms with Gasteiger partial charge in [0.15, 0.2) is 0 Å². The van der Waals surface area contributed by atoms with Gasteiger partial charge in [-0.3, -0.25) is 0 Å². The molecule has 0 aromatic rings. The Morgan fingerprint density at radius 3 is 3.07 bits per heavy atom. The highest BCUT2D eigenvalue weighted by Crippen LogP contribution is 2.16. The lowest BCUT2D eigenvalue weighted by molar-refractivity contribution is 0.0902. The van der Waals surface area contributed by atoms with Crippen LogP contribution >= 0.6 is 0 Å². The van der Waals surface area contributed by atoms with Crippen molar-refractivity contribution < 1.29 is 4.74 Å². The highest BCUT2D eigenvalue weighted by Gasteiger charge is 2.18. The van der Waals surface area contributed by atoms with E-state index in [2.05, 4.69) is 10.2 Å². The van der Waals surface area contributed by atoms with E-state index in [0.717, 1.165) is 19.1 Å². The maximum absolute atomic E-state index is 5.22. The molecule has 0 aliphatic carbocycles. The Hall–Kier alpha value is -0.120. The lowest BCUT2D eigenvalue weighted by Crippen LogP contribution is -2.38. The molecule has 1 atom stereocenters. The lowest BCUT2D eigenvalue weighted by atomic mass is 9.99. The van der Waals surface area contributed by atoms with Crippen molar-refractivity contribution in [3.63, 3.8) is 0 Å². The molecular weight excluding hydrogens is 176 g/mol. The predicted octanol–water partition coefficient (Wildman–Crippen LogP) is 0.954. The Morgan fingerprint density at radius 1 is 1.50 bits per heavy atom. The summed E-state index contributed by atoms with van der Waals surface area (Å²) in [5, 5.41) is 3.19. The van der Waals surface area contributed by atoms with E-state index in [4.69, 9.17) is 4.74 Å². The van der Waals surface area contributed by atoms with Crippen molar-refractivity contribution in [1.29, 1.82) is 0 Å². The first kappa shape index (κ1) is 12.0. The van der Waals surface area contributed by atoms with Gasteiger partial charge in [-0.25, -0.2) is 0 Å². The number of nitrogens with one attached hydrogen (secondary N) is 1. The first-order chi connectivity index (χ1) is 6.86. The van der Waals surface area contributed by atoms with Crippen molar-refractivity contribution in [1.82, 2.24) is 10.2 Å². The average Bonchev–Trinajstić information content (AvgIpc) is 2.19. The molecule has 3 heteroatoms. The topological polar surface area (TPSA) is 24.5 Å². The van der Waals surface area contributed by atoms with E-state index in [1.807, 2.05) is 7.05 Å². The first-order valence-electron chi connectivity index (χ1n) is 5.72. The molecule has 84 valence electrons. The second kappa shape index (κ2) is 7.21. The van der Waals surface area contributed by atoms with Gasteiger partial charge in [0, 0.05) is 13.7 Å². The number of ether oxygens (including phenoxy) is 1. The normalized spacial score (nSPS) is 24.0. The SMILES string of the molecule is CNCCCN1CCCC(COC)C1. The molecule has 0 saturated carbocycles. The highest BCUT2D eigenvalue weighted by atomic mass is 16.5. The van der Waals surface area contributed by atoms with Crippen LogP contribution in [0.25, 0.3) is 0 Å². The average molecular weight is 200 g/mol. The number of piperidine rings is 1. The third-order valence-corrected chi connectivity index (χ3v) is 2.91. The van der Waals surface area contributed by atoms with Crippen LogP contribution in [-0.2, 0) is 4.74 Å². The minimum atomic E-state index is 0.767. The summed E-state index contributed by atoms with van der Waals surface area (Å²) in [4.78, 5) is 2.57. The molecule has 0 spiro atoms. The molecule has 1 saturated heterocycles. The molecule has 14 heavy (non-hydrogen) atoms. The Balaban J connectivity index is 2.12. The molecule has 0 aromatic carbocycles. The van der Waals surface area contributed by atoms with Crippen LogP contribution < -0.4 is 5.32 Å². The van der Waals surface area contributed by atoms with Crippen LogP contribution in [-0.4, -0.2) is 51.8 Å². The van der Waals surface area contributed by atoms with Gasteiger partial charge in [-0.1, -0.05) is 0 Å². The lowest BCUT2D eigenvalue weighted by Gasteiger charge is -2.32. The van der Waals surface area contributed by atoms with Gasteiger partial charge in [-0.15, -0.1) is 0 Å². The molecule has 0 radical (unpaired) electrons. The van der Waals surface area contributed by atoms with E-state index >= 15 is 0 Å². The summed E-state index contributed by atoms with van der Waals surface area (Å²) in [5.74, 6) is 0.767. The van der Waals surface area contributed by atoms with Crippen molar-refractivity contribution >= 4 is 0 Å². The van der Waals surface area contributed by atoms with Crippen molar-refractivity contribution in [3.05, 3.63) is 0 Å². The van der Waals surface area contributed by atoms with Crippen LogP contribution in [0.5, 0.6) is 0 Å². The zero-order valence-electron chi connectivity index (χ0n) is 9.59. The van der Waals surface area contributed by atoms with Crippen LogP contribution in [0.2, 0.25) is 0 Å². The van der Waals surface area contributed by atoms with Gasteiger partial charge >= 0.3 is 0 Å².